The molecule has 2 heterocycles. The van der Waals surface area contributed by atoms with Crippen molar-refractivity contribution < 1.29 is 19.1 Å². The highest BCUT2D eigenvalue weighted by molar-refractivity contribution is 6.44. The Hall–Kier alpha value is -2.41. The van der Waals surface area contributed by atoms with Gasteiger partial charge in [0.05, 0.1) is 13.8 Å². The number of hydrogen-bond donors (Lipinski definition) is 0. The molecule has 0 saturated carbocycles. The molecule has 0 aliphatic carbocycles. The molecule has 1 unspecified atom stereocenters. The second kappa shape index (κ2) is 6.60. The SMILES string of the molecule is CCN1C(=O)C(=O)N(CN2CCCC2c2ccc(OC)cc2)C1=O. The van der Waals surface area contributed by atoms with Crippen molar-refractivity contribution in [3.8, 4) is 5.75 Å². The van der Waals surface area contributed by atoms with Gasteiger partial charge in [-0.3, -0.25) is 19.4 Å². The Morgan fingerprint density at radius 1 is 1.08 bits per heavy atom. The number of carbonyl (C=O) groups excluding carboxylic acids is 3. The Morgan fingerprint density at radius 3 is 2.33 bits per heavy atom. The zero-order chi connectivity index (χ0) is 17.3. The maximum absolute atomic E-state index is 12.2. The monoisotopic (exact) mass is 331 g/mol. The molecule has 2 aliphatic rings. The van der Waals surface area contributed by atoms with E-state index in [0.717, 1.165) is 40.5 Å². The number of nitrogens with zero attached hydrogens (tertiary/aromatic N) is 3. The topological polar surface area (TPSA) is 70.2 Å². The lowest BCUT2D eigenvalue weighted by Crippen LogP contribution is -2.42. The molecule has 2 saturated heterocycles. The summed E-state index contributed by atoms with van der Waals surface area (Å²) in [4.78, 5) is 40.3. The lowest BCUT2D eigenvalue weighted by molar-refractivity contribution is -0.143. The number of benzene rings is 1. The number of carbonyl (C=O) groups is 3. The van der Waals surface area contributed by atoms with Crippen LogP contribution in [0.25, 0.3) is 0 Å². The van der Waals surface area contributed by atoms with E-state index < -0.39 is 17.8 Å². The molecule has 4 amide bonds. The standard InChI is InChI=1S/C17H21N3O4/c1-3-19-15(21)16(22)20(17(19)23)11-18-10-4-5-14(18)12-6-8-13(24-2)9-7-12/h6-9,14H,3-5,10-11H2,1-2H3. The molecule has 0 N–H and O–H groups in total. The first kappa shape index (κ1) is 16.4. The van der Waals surface area contributed by atoms with Crippen LogP contribution in [0.5, 0.6) is 5.75 Å². The molecular formula is C17H21N3O4. The minimum atomic E-state index is -0.734. The lowest BCUT2D eigenvalue weighted by Gasteiger charge is -2.28. The van der Waals surface area contributed by atoms with Crippen molar-refractivity contribution in [1.82, 2.24) is 14.7 Å². The number of ether oxygens (including phenoxy) is 1. The third-order valence-electron chi connectivity index (χ3n) is 4.64. The number of likely N-dealkylation sites (N-methyl/N-ethyl adjacent to an activating group) is 1. The number of rotatable bonds is 5. The average molecular weight is 331 g/mol. The molecule has 1 aromatic rings. The molecule has 0 spiro atoms. The van der Waals surface area contributed by atoms with Crippen molar-refractivity contribution in [2.75, 3.05) is 26.9 Å². The van der Waals surface area contributed by atoms with Gasteiger partial charge in [0.1, 0.15) is 5.75 Å². The van der Waals surface area contributed by atoms with Crippen molar-refractivity contribution in [2.24, 2.45) is 0 Å². The fraction of sp³-hybridized carbons (Fsp3) is 0.471. The number of imide groups is 2. The van der Waals surface area contributed by atoms with Gasteiger partial charge < -0.3 is 4.74 Å². The van der Waals surface area contributed by atoms with Crippen molar-refractivity contribution in [2.45, 2.75) is 25.8 Å². The van der Waals surface area contributed by atoms with E-state index in [1.165, 1.54) is 0 Å². The summed E-state index contributed by atoms with van der Waals surface area (Å²) in [6.45, 7) is 2.83. The maximum Gasteiger partial charge on any atom is 0.335 e. The normalized spacial score (nSPS) is 21.9. The molecule has 0 bridgehead atoms. The highest BCUT2D eigenvalue weighted by Gasteiger charge is 2.45. The molecule has 128 valence electrons. The van der Waals surface area contributed by atoms with Gasteiger partial charge in [0.15, 0.2) is 0 Å². The first-order chi connectivity index (χ1) is 11.6. The Kier molecular flexibility index (Phi) is 4.53. The number of likely N-dealkylation sites (tertiary alicyclic amines) is 1. The van der Waals surface area contributed by atoms with Gasteiger partial charge in [-0.15, -0.1) is 0 Å². The largest absolute Gasteiger partial charge is 0.497 e. The van der Waals surface area contributed by atoms with Crippen LogP contribution >= 0.6 is 0 Å². The van der Waals surface area contributed by atoms with Gasteiger partial charge in [-0.05, 0) is 37.5 Å². The van der Waals surface area contributed by atoms with Gasteiger partial charge in [0.25, 0.3) is 0 Å². The molecule has 7 heteroatoms. The van der Waals surface area contributed by atoms with Gasteiger partial charge >= 0.3 is 17.8 Å². The van der Waals surface area contributed by atoms with E-state index in [1.54, 1.807) is 14.0 Å². The van der Waals surface area contributed by atoms with Crippen molar-refractivity contribution in [3.05, 3.63) is 29.8 Å². The summed E-state index contributed by atoms with van der Waals surface area (Å²) in [7, 11) is 1.62. The van der Waals surface area contributed by atoms with Crippen LogP contribution in [0.15, 0.2) is 24.3 Å². The van der Waals surface area contributed by atoms with Crippen LogP contribution in [0.3, 0.4) is 0 Å². The summed E-state index contributed by atoms with van der Waals surface area (Å²) in [5.74, 6) is -0.678. The number of methoxy groups -OCH3 is 1. The minimum absolute atomic E-state index is 0.127. The molecule has 2 aliphatic heterocycles. The van der Waals surface area contributed by atoms with E-state index in [1.807, 2.05) is 24.3 Å². The van der Waals surface area contributed by atoms with Gasteiger partial charge in [-0.2, -0.15) is 0 Å². The molecule has 1 aromatic carbocycles. The Morgan fingerprint density at radius 2 is 1.75 bits per heavy atom. The summed E-state index contributed by atoms with van der Waals surface area (Å²) in [5.41, 5.74) is 1.12. The summed E-state index contributed by atoms with van der Waals surface area (Å²) in [6.07, 6.45) is 1.94. The van der Waals surface area contributed by atoms with Crippen LogP contribution in [0.2, 0.25) is 0 Å². The summed E-state index contributed by atoms with van der Waals surface area (Å²) >= 11 is 0. The minimum Gasteiger partial charge on any atom is -0.497 e. The molecule has 3 rings (SSSR count). The smallest absolute Gasteiger partial charge is 0.335 e. The highest BCUT2D eigenvalue weighted by Crippen LogP contribution is 2.33. The van der Waals surface area contributed by atoms with E-state index in [-0.39, 0.29) is 19.3 Å². The molecule has 1 atom stereocenters. The van der Waals surface area contributed by atoms with E-state index in [2.05, 4.69) is 4.90 Å². The van der Waals surface area contributed by atoms with Crippen molar-refractivity contribution in [1.29, 1.82) is 0 Å². The Labute approximate surface area is 140 Å². The van der Waals surface area contributed by atoms with E-state index in [9.17, 15) is 14.4 Å². The van der Waals surface area contributed by atoms with Gasteiger partial charge in [0.2, 0.25) is 0 Å². The molecular weight excluding hydrogens is 310 g/mol. The average Bonchev–Trinajstić information content (AvgIpc) is 3.14. The molecule has 2 fully saturated rings. The second-order valence-electron chi connectivity index (χ2n) is 5.95. The third-order valence-corrected chi connectivity index (χ3v) is 4.64. The maximum atomic E-state index is 12.2. The van der Waals surface area contributed by atoms with Gasteiger partial charge in [-0.25, -0.2) is 9.69 Å². The molecule has 7 nitrogen and oxygen atoms in total. The van der Waals surface area contributed by atoms with Crippen molar-refractivity contribution in [3.63, 3.8) is 0 Å². The Bertz CT molecular complexity index is 658. The van der Waals surface area contributed by atoms with E-state index in [4.69, 9.17) is 4.74 Å². The molecule has 0 aromatic heterocycles. The summed E-state index contributed by atoms with van der Waals surface area (Å²) < 4.78 is 5.18. The zero-order valence-electron chi connectivity index (χ0n) is 13.9. The second-order valence-corrected chi connectivity index (χ2v) is 5.95. The van der Waals surface area contributed by atoms with Crippen LogP contribution in [0.4, 0.5) is 4.79 Å². The first-order valence-electron chi connectivity index (χ1n) is 8.12. The van der Waals surface area contributed by atoms with Crippen molar-refractivity contribution >= 4 is 17.8 Å². The fourth-order valence-corrected chi connectivity index (χ4v) is 3.33. The predicted molar refractivity (Wildman–Crippen MR) is 86.2 cm³/mol. The lowest BCUT2D eigenvalue weighted by atomic mass is 10.0. The van der Waals surface area contributed by atoms with Crippen LogP contribution in [-0.2, 0) is 9.59 Å². The summed E-state index contributed by atoms with van der Waals surface area (Å²) in [5, 5.41) is 0. The molecule has 24 heavy (non-hydrogen) atoms. The van der Waals surface area contributed by atoms with Crippen LogP contribution in [0, 0.1) is 0 Å². The number of urea groups is 1. The van der Waals surface area contributed by atoms with Crippen LogP contribution < -0.4 is 4.74 Å². The highest BCUT2D eigenvalue weighted by atomic mass is 16.5. The molecule has 0 radical (unpaired) electrons. The number of amides is 4. The van der Waals surface area contributed by atoms with Crippen LogP contribution in [0.1, 0.15) is 31.4 Å². The van der Waals surface area contributed by atoms with Gasteiger partial charge in [0, 0.05) is 19.1 Å². The number of hydrogen-bond acceptors (Lipinski definition) is 5. The first-order valence-corrected chi connectivity index (χ1v) is 8.12. The van der Waals surface area contributed by atoms with Gasteiger partial charge in [-0.1, -0.05) is 12.1 Å². The fourth-order valence-electron chi connectivity index (χ4n) is 3.33. The Balaban J connectivity index is 1.75. The predicted octanol–water partition coefficient (Wildman–Crippen LogP) is 1.60. The van der Waals surface area contributed by atoms with Crippen LogP contribution in [-0.4, -0.2) is 59.4 Å². The summed E-state index contributed by atoms with van der Waals surface area (Å²) in [6, 6.07) is 7.41. The quantitative estimate of drug-likeness (QED) is 0.605. The third kappa shape index (κ3) is 2.75. The van der Waals surface area contributed by atoms with E-state index >= 15 is 0 Å². The zero-order valence-corrected chi connectivity index (χ0v) is 13.9. The van der Waals surface area contributed by atoms with E-state index in [0.29, 0.717) is 0 Å².